The second-order valence-corrected chi connectivity index (χ2v) is 9.06. The lowest BCUT2D eigenvalue weighted by Crippen LogP contribution is -2.36. The first-order chi connectivity index (χ1) is 17.1. The highest BCUT2D eigenvalue weighted by Gasteiger charge is 2.15. The number of ether oxygens (including phenoxy) is 3. The summed E-state index contributed by atoms with van der Waals surface area (Å²) in [5, 5.41) is 4.30. The van der Waals surface area contributed by atoms with Gasteiger partial charge in [-0.15, -0.1) is 0 Å². The molecular weight excluding hydrogens is 444 g/mol. The van der Waals surface area contributed by atoms with E-state index < -0.39 is 0 Å². The summed E-state index contributed by atoms with van der Waals surface area (Å²) in [7, 11) is 1.61. The molecule has 0 saturated carbocycles. The molecule has 0 unspecified atom stereocenters. The maximum absolute atomic E-state index is 12.6. The largest absolute Gasteiger partial charge is 0.493 e. The number of anilines is 2. The van der Waals surface area contributed by atoms with Crippen LogP contribution in [0.25, 0.3) is 10.9 Å². The van der Waals surface area contributed by atoms with Crippen molar-refractivity contribution in [1.82, 2.24) is 14.9 Å². The highest BCUT2D eigenvalue weighted by molar-refractivity contribution is 5.97. The number of aromatic nitrogens is 2. The van der Waals surface area contributed by atoms with Crippen molar-refractivity contribution in [3.63, 3.8) is 0 Å². The van der Waals surface area contributed by atoms with Crippen LogP contribution in [-0.2, 0) is 4.74 Å². The summed E-state index contributed by atoms with van der Waals surface area (Å²) in [5.41, 5.74) is 4.12. The van der Waals surface area contributed by atoms with Crippen LogP contribution in [0.15, 0.2) is 35.4 Å². The molecule has 35 heavy (non-hydrogen) atoms. The number of hydrogen-bond donors (Lipinski definition) is 2. The third-order valence-electron chi connectivity index (χ3n) is 6.46. The molecule has 0 atom stereocenters. The van der Waals surface area contributed by atoms with Crippen molar-refractivity contribution in [2.75, 3.05) is 51.9 Å². The summed E-state index contributed by atoms with van der Waals surface area (Å²) >= 11 is 0. The van der Waals surface area contributed by atoms with E-state index in [-0.39, 0.29) is 5.56 Å². The molecule has 0 amide bonds. The molecule has 0 spiro atoms. The predicted molar refractivity (Wildman–Crippen MR) is 139 cm³/mol. The number of unbranched alkanes of at least 4 members (excludes halogenated alkanes) is 3. The Bertz CT molecular complexity index is 1170. The number of fused-ring (bicyclic) bond motifs is 1. The smallest absolute Gasteiger partial charge is 0.250 e. The van der Waals surface area contributed by atoms with Crippen molar-refractivity contribution >= 4 is 22.3 Å². The van der Waals surface area contributed by atoms with Gasteiger partial charge in [0.15, 0.2) is 11.5 Å². The van der Waals surface area contributed by atoms with Crippen LogP contribution in [0.2, 0.25) is 0 Å². The van der Waals surface area contributed by atoms with E-state index in [2.05, 4.69) is 20.2 Å². The molecule has 188 valence electrons. The summed E-state index contributed by atoms with van der Waals surface area (Å²) in [5.74, 6) is 1.18. The lowest BCUT2D eigenvalue weighted by molar-refractivity contribution is 0.0371. The summed E-state index contributed by atoms with van der Waals surface area (Å²) in [6.07, 6.45) is 8.02. The van der Waals surface area contributed by atoms with Gasteiger partial charge in [0.05, 0.1) is 38.1 Å². The minimum absolute atomic E-state index is 0.203. The number of morpholine rings is 1. The summed E-state index contributed by atoms with van der Waals surface area (Å²) < 4.78 is 17.2. The number of aryl methyl sites for hydroxylation is 2. The van der Waals surface area contributed by atoms with Gasteiger partial charge in [-0.25, -0.2) is 0 Å². The molecule has 0 radical (unpaired) electrons. The van der Waals surface area contributed by atoms with Crippen LogP contribution in [0.1, 0.15) is 36.8 Å². The van der Waals surface area contributed by atoms with E-state index in [1.807, 2.05) is 38.4 Å². The Morgan fingerprint density at radius 1 is 1.09 bits per heavy atom. The van der Waals surface area contributed by atoms with Gasteiger partial charge in [-0.1, -0.05) is 12.8 Å². The van der Waals surface area contributed by atoms with E-state index in [0.717, 1.165) is 73.6 Å². The Balaban J connectivity index is 1.44. The molecule has 1 aliphatic rings. The molecule has 1 aliphatic heterocycles. The lowest BCUT2D eigenvalue weighted by Gasteiger charge is -2.26. The number of nitrogens with zero attached hydrogens (tertiary/aromatic N) is 2. The van der Waals surface area contributed by atoms with Gasteiger partial charge in [-0.2, -0.15) is 0 Å². The van der Waals surface area contributed by atoms with Gasteiger partial charge in [0.25, 0.3) is 5.56 Å². The van der Waals surface area contributed by atoms with Gasteiger partial charge in [-0.3, -0.25) is 14.7 Å². The maximum Gasteiger partial charge on any atom is 0.250 e. The Labute approximate surface area is 206 Å². The molecule has 1 saturated heterocycles. The fourth-order valence-corrected chi connectivity index (χ4v) is 4.51. The topological polar surface area (TPSA) is 88.7 Å². The number of H-pyrrole nitrogens is 1. The van der Waals surface area contributed by atoms with Gasteiger partial charge in [0.2, 0.25) is 0 Å². The van der Waals surface area contributed by atoms with Crippen LogP contribution in [0.4, 0.5) is 11.4 Å². The fourth-order valence-electron chi connectivity index (χ4n) is 4.51. The Morgan fingerprint density at radius 2 is 1.83 bits per heavy atom. The minimum Gasteiger partial charge on any atom is -0.493 e. The molecule has 1 aromatic carbocycles. The molecular formula is C27H36N4O4. The number of aromatic amines is 1. The zero-order valence-electron chi connectivity index (χ0n) is 21.0. The maximum atomic E-state index is 12.6. The van der Waals surface area contributed by atoms with E-state index >= 15 is 0 Å². The van der Waals surface area contributed by atoms with Crippen molar-refractivity contribution in [1.29, 1.82) is 0 Å². The van der Waals surface area contributed by atoms with Crippen LogP contribution in [0.3, 0.4) is 0 Å². The summed E-state index contributed by atoms with van der Waals surface area (Å²) in [6.45, 7) is 9.47. The summed E-state index contributed by atoms with van der Waals surface area (Å²) in [6, 6.07) is 5.40. The first-order valence-electron chi connectivity index (χ1n) is 12.4. The number of hydrogen-bond acceptors (Lipinski definition) is 7. The minimum atomic E-state index is -0.203. The highest BCUT2D eigenvalue weighted by atomic mass is 16.5. The van der Waals surface area contributed by atoms with Crippen LogP contribution in [0.5, 0.6) is 11.5 Å². The second-order valence-electron chi connectivity index (χ2n) is 9.06. The van der Waals surface area contributed by atoms with Crippen molar-refractivity contribution in [3.8, 4) is 11.5 Å². The Hall–Kier alpha value is -3.10. The van der Waals surface area contributed by atoms with E-state index in [9.17, 15) is 4.79 Å². The van der Waals surface area contributed by atoms with E-state index in [1.165, 1.54) is 12.8 Å². The Morgan fingerprint density at radius 3 is 2.57 bits per heavy atom. The third-order valence-corrected chi connectivity index (χ3v) is 6.46. The molecule has 2 N–H and O–H groups in total. The first-order valence-corrected chi connectivity index (χ1v) is 12.4. The van der Waals surface area contributed by atoms with Gasteiger partial charge in [-0.05, 0) is 56.5 Å². The molecule has 1 fully saturated rings. The summed E-state index contributed by atoms with van der Waals surface area (Å²) in [4.78, 5) is 22.2. The molecule has 8 nitrogen and oxygen atoms in total. The van der Waals surface area contributed by atoms with Crippen molar-refractivity contribution < 1.29 is 14.2 Å². The number of methoxy groups -OCH3 is 1. The third kappa shape index (κ3) is 6.32. The predicted octanol–water partition coefficient (Wildman–Crippen LogP) is 4.56. The number of rotatable bonds is 11. The van der Waals surface area contributed by atoms with Gasteiger partial charge < -0.3 is 24.5 Å². The molecule has 0 bridgehead atoms. The monoisotopic (exact) mass is 480 g/mol. The fraction of sp³-hybridized carbons (Fsp3) is 0.481. The molecule has 0 aliphatic carbocycles. The standard InChI is InChI=1S/C27H36N4O4/c1-19-17-28-18-20(2)25(19)29-22-16-24(32)30-26-21(22)8-9-23(33-3)27(26)35-13-7-5-4-6-10-31-11-14-34-15-12-31/h8-9,16-18H,4-7,10-15H2,1-3H3,(H2,28,29,30,32). The van der Waals surface area contributed by atoms with Crippen molar-refractivity contribution in [2.45, 2.75) is 39.5 Å². The van der Waals surface area contributed by atoms with Gasteiger partial charge in [0.1, 0.15) is 0 Å². The van der Waals surface area contributed by atoms with Crippen molar-refractivity contribution in [2.24, 2.45) is 0 Å². The number of benzene rings is 1. The number of pyridine rings is 2. The van der Waals surface area contributed by atoms with Crippen LogP contribution in [0, 0.1) is 13.8 Å². The van der Waals surface area contributed by atoms with E-state index in [4.69, 9.17) is 14.2 Å². The lowest BCUT2D eigenvalue weighted by atomic mass is 10.1. The van der Waals surface area contributed by atoms with Gasteiger partial charge in [0, 0.05) is 42.6 Å². The quantitative estimate of drug-likeness (QED) is 0.389. The van der Waals surface area contributed by atoms with Gasteiger partial charge >= 0.3 is 0 Å². The van der Waals surface area contributed by atoms with Crippen molar-refractivity contribution in [3.05, 3.63) is 52.1 Å². The molecule has 2 aromatic heterocycles. The number of nitrogens with one attached hydrogen (secondary N) is 2. The Kier molecular flexibility index (Phi) is 8.60. The van der Waals surface area contributed by atoms with E-state index in [1.54, 1.807) is 13.2 Å². The molecule has 4 rings (SSSR count). The second kappa shape index (κ2) is 12.0. The van der Waals surface area contributed by atoms with E-state index in [0.29, 0.717) is 23.6 Å². The molecule has 3 heterocycles. The first kappa shape index (κ1) is 25.0. The highest BCUT2D eigenvalue weighted by Crippen LogP contribution is 2.37. The van der Waals surface area contributed by atoms with Crippen LogP contribution in [-0.4, -0.2) is 61.4 Å². The average molecular weight is 481 g/mol. The normalized spacial score (nSPS) is 14.3. The zero-order valence-corrected chi connectivity index (χ0v) is 21.0. The SMILES string of the molecule is COc1ccc2c(Nc3c(C)cncc3C)cc(=O)[nH]c2c1OCCCCCCN1CCOCC1. The zero-order chi connectivity index (χ0) is 24.6. The molecule has 8 heteroatoms. The van der Waals surface area contributed by atoms with Crippen LogP contribution < -0.4 is 20.3 Å². The average Bonchev–Trinajstić information content (AvgIpc) is 2.86. The molecule has 3 aromatic rings. The van der Waals surface area contributed by atoms with Crippen LogP contribution >= 0.6 is 0 Å².